The Labute approximate surface area is 174 Å². The topological polar surface area (TPSA) is 83.2 Å². The van der Waals surface area contributed by atoms with E-state index < -0.39 is 35.7 Å². The van der Waals surface area contributed by atoms with Crippen LogP contribution in [0.2, 0.25) is 0 Å². The maximum Gasteiger partial charge on any atom is 0.416 e. The molecule has 162 valence electrons. The number of carbonyl (C=O) groups is 2. The zero-order valence-electron chi connectivity index (χ0n) is 16.9. The first-order valence-electron chi connectivity index (χ1n) is 9.10. The van der Waals surface area contributed by atoms with E-state index in [-0.39, 0.29) is 16.9 Å². The van der Waals surface area contributed by atoms with E-state index >= 15 is 0 Å². The quantitative estimate of drug-likeness (QED) is 0.456. The molecule has 0 saturated heterocycles. The van der Waals surface area contributed by atoms with E-state index in [0.29, 0.717) is 11.4 Å². The molecule has 0 unspecified atom stereocenters. The molecule has 0 saturated carbocycles. The van der Waals surface area contributed by atoms with Crippen LogP contribution in [0.5, 0.6) is 0 Å². The van der Waals surface area contributed by atoms with E-state index in [1.807, 2.05) is 0 Å². The molecule has 0 N–H and O–H groups in total. The van der Waals surface area contributed by atoms with Crippen molar-refractivity contribution >= 4 is 11.8 Å². The zero-order valence-corrected chi connectivity index (χ0v) is 16.9. The van der Waals surface area contributed by atoms with Gasteiger partial charge in [0.2, 0.25) is 5.78 Å². The van der Waals surface area contributed by atoms with Crippen LogP contribution in [-0.4, -0.2) is 32.7 Å². The number of halogens is 3. The van der Waals surface area contributed by atoms with Gasteiger partial charge in [0.05, 0.1) is 5.56 Å². The number of hydrogen-bond acceptors (Lipinski definition) is 5. The van der Waals surface area contributed by atoms with Gasteiger partial charge in [0.1, 0.15) is 0 Å². The van der Waals surface area contributed by atoms with Crippen LogP contribution in [0.15, 0.2) is 47.3 Å². The van der Waals surface area contributed by atoms with Gasteiger partial charge in [0.25, 0.3) is 5.56 Å². The molecular weight excluding hydrogens is 415 g/mol. The molecule has 10 heteroatoms. The van der Waals surface area contributed by atoms with Crippen LogP contribution in [-0.2, 0) is 18.0 Å². The number of aromatic nitrogens is 3. The number of hydrogen-bond donors (Lipinski definition) is 0. The number of alkyl halides is 3. The highest BCUT2D eigenvalue weighted by atomic mass is 19.4. The fraction of sp³-hybridized carbons (Fsp3) is 0.238. The fourth-order valence-corrected chi connectivity index (χ4v) is 3.16. The van der Waals surface area contributed by atoms with Gasteiger partial charge >= 0.3 is 12.1 Å². The summed E-state index contributed by atoms with van der Waals surface area (Å²) in [6, 6.07) is 8.63. The van der Waals surface area contributed by atoms with E-state index in [2.05, 4.69) is 5.10 Å². The highest BCUT2D eigenvalue weighted by Gasteiger charge is 2.31. The van der Waals surface area contributed by atoms with Crippen LogP contribution in [0.3, 0.4) is 0 Å². The van der Waals surface area contributed by atoms with Crippen LogP contribution in [0.1, 0.15) is 37.8 Å². The highest BCUT2D eigenvalue weighted by molar-refractivity contribution is 6.00. The molecule has 3 rings (SSSR count). The van der Waals surface area contributed by atoms with Crippen LogP contribution in [0, 0.1) is 13.8 Å². The maximum absolute atomic E-state index is 13.0. The van der Waals surface area contributed by atoms with Crippen molar-refractivity contribution in [3.8, 4) is 5.69 Å². The smallest absolute Gasteiger partial charge is 0.416 e. The van der Waals surface area contributed by atoms with Crippen molar-refractivity contribution in [3.63, 3.8) is 0 Å². The van der Waals surface area contributed by atoms with Crippen molar-refractivity contribution in [2.45, 2.75) is 20.0 Å². The molecule has 0 amide bonds. The average molecular weight is 433 g/mol. The predicted molar refractivity (Wildman–Crippen MR) is 104 cm³/mol. The molecule has 0 fully saturated rings. The molecule has 0 aliphatic heterocycles. The molecule has 7 nitrogen and oxygen atoms in total. The van der Waals surface area contributed by atoms with Gasteiger partial charge in [-0.15, -0.1) is 0 Å². The van der Waals surface area contributed by atoms with Crippen LogP contribution in [0.4, 0.5) is 13.2 Å². The standard InChI is InChI=1S/C21H18F3N3O4/c1-12-9-16(13(2)27(12)15-6-4-5-14(10-15)21(22,23)24)18(28)11-31-20(30)17-7-8-19(29)26(3)25-17/h4-10H,11H2,1-3H3. The predicted octanol–water partition coefficient (Wildman–Crippen LogP) is 3.25. The number of Topliss-reactive ketones (excluding diaryl/α,β-unsaturated/α-hetero) is 1. The summed E-state index contributed by atoms with van der Waals surface area (Å²) in [5.41, 5.74) is 0.0961. The monoisotopic (exact) mass is 433 g/mol. The Kier molecular flexibility index (Phi) is 5.83. The second-order valence-corrected chi connectivity index (χ2v) is 6.85. The van der Waals surface area contributed by atoms with Crippen molar-refractivity contribution in [2.75, 3.05) is 6.61 Å². The number of benzene rings is 1. The first kappa shape index (κ1) is 22.0. The number of carbonyl (C=O) groups excluding carboxylic acids is 2. The third-order valence-electron chi connectivity index (χ3n) is 4.67. The van der Waals surface area contributed by atoms with E-state index in [1.54, 1.807) is 13.8 Å². The van der Waals surface area contributed by atoms with Crippen molar-refractivity contribution in [3.05, 3.63) is 81.0 Å². The summed E-state index contributed by atoms with van der Waals surface area (Å²) in [5, 5.41) is 3.75. The second kappa shape index (κ2) is 8.21. The fourth-order valence-electron chi connectivity index (χ4n) is 3.16. The van der Waals surface area contributed by atoms with E-state index in [1.165, 1.54) is 35.9 Å². The molecule has 2 heterocycles. The van der Waals surface area contributed by atoms with Gasteiger partial charge in [0, 0.05) is 35.8 Å². The number of ether oxygens (including phenoxy) is 1. The number of ketones is 1. The van der Waals surface area contributed by atoms with E-state index in [4.69, 9.17) is 4.74 Å². The lowest BCUT2D eigenvalue weighted by molar-refractivity contribution is -0.137. The van der Waals surface area contributed by atoms with Gasteiger partial charge in [-0.25, -0.2) is 9.48 Å². The Balaban J connectivity index is 1.81. The van der Waals surface area contributed by atoms with Crippen molar-refractivity contribution in [2.24, 2.45) is 7.05 Å². The van der Waals surface area contributed by atoms with E-state index in [9.17, 15) is 27.6 Å². The van der Waals surface area contributed by atoms with Crippen LogP contribution >= 0.6 is 0 Å². The van der Waals surface area contributed by atoms with Crippen molar-refractivity contribution in [1.82, 2.24) is 14.3 Å². The highest BCUT2D eigenvalue weighted by Crippen LogP contribution is 2.31. The first-order chi connectivity index (χ1) is 14.5. The molecule has 0 atom stereocenters. The lowest BCUT2D eigenvalue weighted by Gasteiger charge is -2.13. The molecule has 0 bridgehead atoms. The Morgan fingerprint density at radius 3 is 2.45 bits per heavy atom. The molecule has 0 aliphatic carbocycles. The Morgan fingerprint density at radius 2 is 1.81 bits per heavy atom. The van der Waals surface area contributed by atoms with E-state index in [0.717, 1.165) is 22.9 Å². The number of nitrogens with zero attached hydrogens (tertiary/aromatic N) is 3. The summed E-state index contributed by atoms with van der Waals surface area (Å²) in [5.74, 6) is -1.40. The molecule has 0 aliphatic rings. The summed E-state index contributed by atoms with van der Waals surface area (Å²) in [6.45, 7) is 2.66. The molecular formula is C21H18F3N3O4. The van der Waals surface area contributed by atoms with Gasteiger partial charge in [-0.05, 0) is 44.2 Å². The maximum atomic E-state index is 13.0. The first-order valence-corrected chi connectivity index (χ1v) is 9.10. The normalized spacial score (nSPS) is 11.4. The van der Waals surface area contributed by atoms with Crippen LogP contribution < -0.4 is 5.56 Å². The molecule has 3 aromatic rings. The lowest BCUT2D eigenvalue weighted by atomic mass is 10.1. The minimum Gasteiger partial charge on any atom is -0.453 e. The lowest BCUT2D eigenvalue weighted by Crippen LogP contribution is -2.23. The zero-order chi connectivity index (χ0) is 22.9. The van der Waals surface area contributed by atoms with Gasteiger partial charge in [0.15, 0.2) is 12.3 Å². The minimum atomic E-state index is -4.49. The summed E-state index contributed by atoms with van der Waals surface area (Å²) in [7, 11) is 1.37. The second-order valence-electron chi connectivity index (χ2n) is 6.85. The Morgan fingerprint density at radius 1 is 1.10 bits per heavy atom. The Bertz CT molecular complexity index is 1230. The molecule has 1 aromatic carbocycles. The summed E-state index contributed by atoms with van der Waals surface area (Å²) in [6.07, 6.45) is -4.49. The third-order valence-corrected chi connectivity index (χ3v) is 4.67. The minimum absolute atomic E-state index is 0.135. The number of aryl methyl sites for hydroxylation is 2. The number of rotatable bonds is 5. The summed E-state index contributed by atoms with van der Waals surface area (Å²) in [4.78, 5) is 36.0. The molecule has 31 heavy (non-hydrogen) atoms. The Hall–Kier alpha value is -3.69. The van der Waals surface area contributed by atoms with Crippen LogP contribution in [0.25, 0.3) is 5.69 Å². The van der Waals surface area contributed by atoms with Gasteiger partial charge in [-0.1, -0.05) is 6.07 Å². The average Bonchev–Trinajstić information content (AvgIpc) is 3.01. The largest absolute Gasteiger partial charge is 0.453 e. The van der Waals surface area contributed by atoms with Gasteiger partial charge in [-0.3, -0.25) is 9.59 Å². The van der Waals surface area contributed by atoms with Crippen molar-refractivity contribution < 1.29 is 27.5 Å². The van der Waals surface area contributed by atoms with Gasteiger partial charge < -0.3 is 9.30 Å². The molecule has 2 aromatic heterocycles. The molecule has 0 spiro atoms. The van der Waals surface area contributed by atoms with Crippen molar-refractivity contribution in [1.29, 1.82) is 0 Å². The summed E-state index contributed by atoms with van der Waals surface area (Å²) >= 11 is 0. The third kappa shape index (κ3) is 4.57. The number of esters is 1. The van der Waals surface area contributed by atoms with Gasteiger partial charge in [-0.2, -0.15) is 18.3 Å². The molecule has 0 radical (unpaired) electrons. The summed E-state index contributed by atoms with van der Waals surface area (Å²) < 4.78 is 46.6. The SMILES string of the molecule is Cc1cc(C(=O)COC(=O)c2ccc(=O)n(C)n2)c(C)n1-c1cccc(C(F)(F)F)c1.